The van der Waals surface area contributed by atoms with Crippen molar-refractivity contribution >= 4 is 11.8 Å². The van der Waals surface area contributed by atoms with Crippen molar-refractivity contribution in [3.05, 3.63) is 71.8 Å². The van der Waals surface area contributed by atoms with Crippen LogP contribution in [0.2, 0.25) is 0 Å². The van der Waals surface area contributed by atoms with Crippen molar-refractivity contribution in [3.63, 3.8) is 0 Å². The molecule has 0 aliphatic carbocycles. The Balaban J connectivity index is 2.27. The Hall–Kier alpha value is -2.66. The average Bonchev–Trinajstić information content (AvgIpc) is 2.67. The third-order valence-electron chi connectivity index (χ3n) is 4.44. The first-order valence-corrected chi connectivity index (χ1v) is 9.25. The first-order valence-electron chi connectivity index (χ1n) is 9.25. The van der Waals surface area contributed by atoms with Gasteiger partial charge in [-0.3, -0.25) is 9.59 Å². The van der Waals surface area contributed by atoms with E-state index in [4.69, 9.17) is 5.11 Å². The van der Waals surface area contributed by atoms with Gasteiger partial charge in [-0.05, 0) is 24.0 Å². The molecule has 2 atom stereocenters. The van der Waals surface area contributed by atoms with Gasteiger partial charge in [-0.2, -0.15) is 0 Å². The molecule has 0 heterocycles. The Bertz CT molecular complexity index is 692. The van der Waals surface area contributed by atoms with E-state index >= 15 is 0 Å². The van der Waals surface area contributed by atoms with Crippen LogP contribution in [0.4, 0.5) is 0 Å². The number of carbonyl (C=O) groups is 2. The Morgan fingerprint density at radius 3 is 1.70 bits per heavy atom. The van der Waals surface area contributed by atoms with Gasteiger partial charge in [0.2, 0.25) is 11.8 Å². The summed E-state index contributed by atoms with van der Waals surface area (Å²) in [6.45, 7) is 5.33. The molecule has 0 aliphatic rings. The fourth-order valence-corrected chi connectivity index (χ4v) is 2.94. The van der Waals surface area contributed by atoms with Crippen LogP contribution in [0.3, 0.4) is 0 Å². The number of nitrogens with one attached hydrogen (secondary N) is 2. The van der Waals surface area contributed by atoms with Crippen molar-refractivity contribution in [1.29, 1.82) is 0 Å². The smallest absolute Gasteiger partial charge is 0.243 e. The minimum atomic E-state index is -0.679. The number of aliphatic hydroxyl groups excluding tert-OH is 1. The van der Waals surface area contributed by atoms with Gasteiger partial charge in [0.15, 0.2) is 0 Å². The summed E-state index contributed by atoms with van der Waals surface area (Å²) in [7, 11) is 0. The summed E-state index contributed by atoms with van der Waals surface area (Å²) >= 11 is 0. The van der Waals surface area contributed by atoms with E-state index in [0.717, 1.165) is 11.1 Å². The second-order valence-corrected chi connectivity index (χ2v) is 7.08. The van der Waals surface area contributed by atoms with Crippen molar-refractivity contribution in [2.75, 3.05) is 6.61 Å². The lowest BCUT2D eigenvalue weighted by molar-refractivity contribution is -0.130. The van der Waals surface area contributed by atoms with E-state index in [-0.39, 0.29) is 30.4 Å². The Kier molecular flexibility index (Phi) is 7.55. The van der Waals surface area contributed by atoms with Crippen LogP contribution in [0, 0.1) is 5.92 Å². The molecule has 2 aromatic rings. The van der Waals surface area contributed by atoms with Gasteiger partial charge in [-0.1, -0.05) is 74.5 Å². The number of carbonyl (C=O) groups excluding carboxylic acids is 2. The molecule has 2 amide bonds. The van der Waals surface area contributed by atoms with Gasteiger partial charge in [0.1, 0.15) is 6.04 Å². The lowest BCUT2D eigenvalue weighted by Crippen LogP contribution is -2.53. The van der Waals surface area contributed by atoms with Crippen LogP contribution in [0.15, 0.2) is 60.7 Å². The Morgan fingerprint density at radius 1 is 0.815 bits per heavy atom. The largest absolute Gasteiger partial charge is 0.394 e. The summed E-state index contributed by atoms with van der Waals surface area (Å²) in [5.74, 6) is -1.11. The first-order chi connectivity index (χ1) is 12.9. The highest BCUT2D eigenvalue weighted by molar-refractivity contribution is 5.92. The van der Waals surface area contributed by atoms with E-state index in [1.54, 1.807) is 6.92 Å². The molecule has 0 spiro atoms. The minimum Gasteiger partial charge on any atom is -0.394 e. The number of benzene rings is 2. The molecule has 0 saturated carbocycles. The van der Waals surface area contributed by atoms with E-state index in [2.05, 4.69) is 10.6 Å². The van der Waals surface area contributed by atoms with Gasteiger partial charge in [-0.15, -0.1) is 0 Å². The fourth-order valence-electron chi connectivity index (χ4n) is 2.94. The lowest BCUT2D eigenvalue weighted by Gasteiger charge is -2.26. The molecule has 0 saturated heterocycles. The molecule has 144 valence electrons. The maximum atomic E-state index is 13.2. The monoisotopic (exact) mass is 368 g/mol. The maximum Gasteiger partial charge on any atom is 0.243 e. The first kappa shape index (κ1) is 20.6. The number of amides is 2. The topological polar surface area (TPSA) is 78.4 Å². The minimum absolute atomic E-state index is 0.0907. The van der Waals surface area contributed by atoms with Gasteiger partial charge in [0, 0.05) is 6.04 Å². The summed E-state index contributed by atoms with van der Waals surface area (Å²) in [4.78, 5) is 25.7. The number of aliphatic hydroxyl groups is 1. The summed E-state index contributed by atoms with van der Waals surface area (Å²) in [6, 6.07) is 18.0. The van der Waals surface area contributed by atoms with E-state index in [1.165, 1.54) is 0 Å². The van der Waals surface area contributed by atoms with Crippen molar-refractivity contribution in [1.82, 2.24) is 10.6 Å². The Labute approximate surface area is 160 Å². The molecule has 0 aromatic heterocycles. The number of hydrogen-bond acceptors (Lipinski definition) is 3. The zero-order chi connectivity index (χ0) is 19.8. The lowest BCUT2D eigenvalue weighted by atomic mass is 9.89. The molecule has 0 fully saturated rings. The highest BCUT2D eigenvalue weighted by atomic mass is 16.3. The molecule has 5 nitrogen and oxygen atoms in total. The van der Waals surface area contributed by atoms with Crippen molar-refractivity contribution in [2.45, 2.75) is 38.8 Å². The third kappa shape index (κ3) is 5.66. The normalized spacial score (nSPS) is 13.3. The van der Waals surface area contributed by atoms with Crippen LogP contribution in [0.25, 0.3) is 0 Å². The van der Waals surface area contributed by atoms with Gasteiger partial charge in [0.25, 0.3) is 0 Å². The van der Waals surface area contributed by atoms with Crippen LogP contribution >= 0.6 is 0 Å². The number of rotatable bonds is 8. The molecule has 0 aliphatic heterocycles. The molecule has 0 bridgehead atoms. The molecular weight excluding hydrogens is 340 g/mol. The second kappa shape index (κ2) is 9.88. The molecule has 2 rings (SSSR count). The van der Waals surface area contributed by atoms with Crippen molar-refractivity contribution < 1.29 is 14.7 Å². The second-order valence-electron chi connectivity index (χ2n) is 7.08. The third-order valence-corrected chi connectivity index (χ3v) is 4.44. The van der Waals surface area contributed by atoms with E-state index < -0.39 is 12.0 Å². The molecule has 27 heavy (non-hydrogen) atoms. The molecule has 5 heteroatoms. The average molecular weight is 368 g/mol. The molecule has 2 aromatic carbocycles. The number of hydrogen-bond donors (Lipinski definition) is 3. The summed E-state index contributed by atoms with van der Waals surface area (Å²) in [5.41, 5.74) is 1.74. The SMILES string of the molecule is CC(C)[C@@H](NC(=O)C(c1ccccc1)c1ccccc1)C(=O)N[C@H](C)CO. The molecule has 3 N–H and O–H groups in total. The highest BCUT2D eigenvalue weighted by Gasteiger charge is 2.30. The Morgan fingerprint density at radius 2 is 1.30 bits per heavy atom. The van der Waals surface area contributed by atoms with E-state index in [0.29, 0.717) is 0 Å². The zero-order valence-electron chi connectivity index (χ0n) is 16.1. The molecule has 0 radical (unpaired) electrons. The van der Waals surface area contributed by atoms with Crippen LogP contribution in [-0.2, 0) is 9.59 Å². The predicted molar refractivity (Wildman–Crippen MR) is 106 cm³/mol. The summed E-state index contributed by atoms with van der Waals surface area (Å²) in [5, 5.41) is 14.8. The van der Waals surface area contributed by atoms with Crippen LogP contribution in [0.1, 0.15) is 37.8 Å². The highest BCUT2D eigenvalue weighted by Crippen LogP contribution is 2.25. The fraction of sp³-hybridized carbons (Fsp3) is 0.364. The van der Waals surface area contributed by atoms with Gasteiger partial charge in [0.05, 0.1) is 12.5 Å². The summed E-state index contributed by atoms with van der Waals surface area (Å²) < 4.78 is 0. The van der Waals surface area contributed by atoms with E-state index in [1.807, 2.05) is 74.5 Å². The van der Waals surface area contributed by atoms with Crippen LogP contribution in [-0.4, -0.2) is 35.6 Å². The van der Waals surface area contributed by atoms with Crippen LogP contribution < -0.4 is 10.6 Å². The van der Waals surface area contributed by atoms with Gasteiger partial charge >= 0.3 is 0 Å². The molecular formula is C22H28N2O3. The standard InChI is InChI=1S/C22H28N2O3/c1-15(2)20(22(27)23-16(3)14-25)24-21(26)19(17-10-6-4-7-11-17)18-12-8-5-9-13-18/h4-13,15-16,19-20,25H,14H2,1-3H3,(H,23,27)(H,24,26)/t16-,20-/m1/s1. The summed E-state index contributed by atoms with van der Waals surface area (Å²) in [6.07, 6.45) is 0. The zero-order valence-corrected chi connectivity index (χ0v) is 16.1. The van der Waals surface area contributed by atoms with Gasteiger partial charge < -0.3 is 15.7 Å². The maximum absolute atomic E-state index is 13.2. The van der Waals surface area contributed by atoms with Gasteiger partial charge in [-0.25, -0.2) is 0 Å². The van der Waals surface area contributed by atoms with Crippen LogP contribution in [0.5, 0.6) is 0 Å². The van der Waals surface area contributed by atoms with Crippen molar-refractivity contribution in [3.8, 4) is 0 Å². The van der Waals surface area contributed by atoms with Crippen molar-refractivity contribution in [2.24, 2.45) is 5.92 Å². The quantitative estimate of drug-likeness (QED) is 0.670. The van der Waals surface area contributed by atoms with E-state index in [9.17, 15) is 9.59 Å². The molecule has 0 unspecified atom stereocenters. The predicted octanol–water partition coefficient (Wildman–Crippen LogP) is 2.46.